The number of nitrogens with two attached hydrogens (primary N) is 1. The average molecular weight is 325 g/mol. The summed E-state index contributed by atoms with van der Waals surface area (Å²) >= 11 is 1.22. The molecule has 21 heavy (non-hydrogen) atoms. The van der Waals surface area contributed by atoms with Gasteiger partial charge in [-0.05, 0) is 26.3 Å². The molecule has 0 unspecified atom stereocenters. The lowest BCUT2D eigenvalue weighted by atomic mass is 10.2. The van der Waals surface area contributed by atoms with Gasteiger partial charge < -0.3 is 5.73 Å². The SMILES string of the molecule is CCn1cc(S(=O)(=O)Nc2sc(C)c(C)c2C#N)c(N)n1. The molecule has 0 atom stereocenters. The van der Waals surface area contributed by atoms with E-state index in [-0.39, 0.29) is 10.7 Å². The van der Waals surface area contributed by atoms with Crippen LogP contribution in [0.25, 0.3) is 0 Å². The van der Waals surface area contributed by atoms with Crippen molar-refractivity contribution < 1.29 is 8.42 Å². The van der Waals surface area contributed by atoms with Gasteiger partial charge in [0.25, 0.3) is 10.0 Å². The minimum Gasteiger partial charge on any atom is -0.381 e. The summed E-state index contributed by atoms with van der Waals surface area (Å²) in [6.45, 7) is 5.96. The Morgan fingerprint density at radius 1 is 1.52 bits per heavy atom. The largest absolute Gasteiger partial charge is 0.381 e. The average Bonchev–Trinajstić information content (AvgIpc) is 2.91. The number of aryl methyl sites for hydroxylation is 2. The maximum absolute atomic E-state index is 12.4. The second-order valence-corrected chi connectivity index (χ2v) is 7.31. The molecule has 0 radical (unpaired) electrons. The molecule has 0 aliphatic carbocycles. The first-order valence-corrected chi connectivity index (χ1v) is 8.46. The Morgan fingerprint density at radius 2 is 2.19 bits per heavy atom. The number of nitriles is 1. The van der Waals surface area contributed by atoms with Crippen LogP contribution in [0, 0.1) is 25.2 Å². The van der Waals surface area contributed by atoms with E-state index in [4.69, 9.17) is 11.0 Å². The Morgan fingerprint density at radius 3 is 2.71 bits per heavy atom. The molecular weight excluding hydrogens is 310 g/mol. The molecule has 0 amide bonds. The number of aromatic nitrogens is 2. The van der Waals surface area contributed by atoms with Crippen molar-refractivity contribution in [2.24, 2.45) is 0 Å². The second-order valence-electron chi connectivity index (χ2n) is 4.44. The van der Waals surface area contributed by atoms with Crippen LogP contribution in [-0.2, 0) is 16.6 Å². The van der Waals surface area contributed by atoms with Gasteiger partial charge in [0.15, 0.2) is 5.82 Å². The summed E-state index contributed by atoms with van der Waals surface area (Å²) in [6.07, 6.45) is 1.37. The predicted molar refractivity (Wildman–Crippen MR) is 81.6 cm³/mol. The van der Waals surface area contributed by atoms with E-state index in [2.05, 4.69) is 9.82 Å². The Hall–Kier alpha value is -2.05. The number of nitrogen functional groups attached to an aromatic ring is 1. The number of nitrogens with one attached hydrogen (secondary N) is 1. The van der Waals surface area contributed by atoms with E-state index in [1.54, 1.807) is 6.92 Å². The van der Waals surface area contributed by atoms with Crippen LogP contribution < -0.4 is 10.5 Å². The van der Waals surface area contributed by atoms with E-state index in [0.29, 0.717) is 17.1 Å². The first-order valence-electron chi connectivity index (χ1n) is 6.16. The number of rotatable bonds is 4. The molecular formula is C12H15N5O2S2. The van der Waals surface area contributed by atoms with Gasteiger partial charge in [-0.1, -0.05) is 0 Å². The van der Waals surface area contributed by atoms with Crippen molar-refractivity contribution in [3.05, 3.63) is 22.2 Å². The lowest BCUT2D eigenvalue weighted by Crippen LogP contribution is -2.13. The monoisotopic (exact) mass is 325 g/mol. The number of hydrogen-bond acceptors (Lipinski definition) is 6. The Balaban J connectivity index is 2.45. The molecule has 9 heteroatoms. The Bertz CT molecular complexity index is 827. The van der Waals surface area contributed by atoms with Crippen LogP contribution in [0.2, 0.25) is 0 Å². The van der Waals surface area contributed by atoms with Gasteiger partial charge in [-0.25, -0.2) is 8.42 Å². The van der Waals surface area contributed by atoms with Gasteiger partial charge in [-0.15, -0.1) is 11.3 Å². The highest BCUT2D eigenvalue weighted by Gasteiger charge is 2.24. The first-order chi connectivity index (χ1) is 9.80. The third-order valence-corrected chi connectivity index (χ3v) is 5.71. The van der Waals surface area contributed by atoms with Crippen LogP contribution in [0.15, 0.2) is 11.1 Å². The summed E-state index contributed by atoms with van der Waals surface area (Å²) in [4.78, 5) is 0.804. The molecule has 0 fully saturated rings. The number of thiophene rings is 1. The van der Waals surface area contributed by atoms with Crippen molar-refractivity contribution in [2.75, 3.05) is 10.5 Å². The molecule has 0 aliphatic heterocycles. The quantitative estimate of drug-likeness (QED) is 0.890. The molecule has 0 saturated carbocycles. The number of hydrogen-bond donors (Lipinski definition) is 2. The summed E-state index contributed by atoms with van der Waals surface area (Å²) in [5.74, 6) is -0.0622. The molecule has 112 valence electrons. The van der Waals surface area contributed by atoms with Crippen molar-refractivity contribution in [1.82, 2.24) is 9.78 Å². The predicted octanol–water partition coefficient (Wildman–Crippen LogP) is 1.84. The second kappa shape index (κ2) is 5.38. The van der Waals surface area contributed by atoms with Crippen LogP contribution >= 0.6 is 11.3 Å². The van der Waals surface area contributed by atoms with Crippen LogP contribution in [0.4, 0.5) is 10.8 Å². The first kappa shape index (κ1) is 15.3. The van der Waals surface area contributed by atoms with Gasteiger partial charge in [0.05, 0.1) is 5.56 Å². The molecule has 0 aromatic carbocycles. The topological polar surface area (TPSA) is 114 Å². The zero-order valence-electron chi connectivity index (χ0n) is 11.8. The molecule has 2 rings (SSSR count). The summed E-state index contributed by atoms with van der Waals surface area (Å²) in [5.41, 5.74) is 6.76. The zero-order valence-corrected chi connectivity index (χ0v) is 13.5. The highest BCUT2D eigenvalue weighted by Crippen LogP contribution is 2.33. The van der Waals surface area contributed by atoms with Crippen LogP contribution in [-0.4, -0.2) is 18.2 Å². The molecule has 2 aromatic rings. The van der Waals surface area contributed by atoms with Gasteiger partial charge in [0.1, 0.15) is 16.0 Å². The summed E-state index contributed by atoms with van der Waals surface area (Å²) in [5, 5.41) is 13.4. The van der Waals surface area contributed by atoms with Gasteiger partial charge in [-0.2, -0.15) is 10.4 Å². The smallest absolute Gasteiger partial charge is 0.267 e. The fraction of sp³-hybridized carbons (Fsp3) is 0.333. The number of anilines is 2. The van der Waals surface area contributed by atoms with Crippen molar-refractivity contribution in [2.45, 2.75) is 32.2 Å². The fourth-order valence-corrected chi connectivity index (χ4v) is 4.19. The van der Waals surface area contributed by atoms with E-state index >= 15 is 0 Å². The van der Waals surface area contributed by atoms with Crippen molar-refractivity contribution in [3.8, 4) is 6.07 Å². The minimum atomic E-state index is -3.87. The maximum Gasteiger partial charge on any atom is 0.267 e. The molecule has 7 nitrogen and oxygen atoms in total. The lowest BCUT2D eigenvalue weighted by molar-refractivity contribution is 0.601. The van der Waals surface area contributed by atoms with E-state index in [1.807, 2.05) is 19.9 Å². The minimum absolute atomic E-state index is 0.0622. The van der Waals surface area contributed by atoms with Gasteiger partial charge in [0, 0.05) is 17.6 Å². The normalized spacial score (nSPS) is 11.3. The van der Waals surface area contributed by atoms with E-state index in [9.17, 15) is 8.42 Å². The molecule has 3 N–H and O–H groups in total. The Labute approximate surface area is 127 Å². The molecule has 0 aliphatic rings. The summed E-state index contributed by atoms with van der Waals surface area (Å²) < 4.78 is 28.7. The molecule has 0 saturated heterocycles. The van der Waals surface area contributed by atoms with Gasteiger partial charge in [-0.3, -0.25) is 9.40 Å². The van der Waals surface area contributed by atoms with E-state index in [0.717, 1.165) is 10.4 Å². The summed E-state index contributed by atoms with van der Waals surface area (Å²) in [6, 6.07) is 2.02. The lowest BCUT2D eigenvalue weighted by Gasteiger charge is -2.04. The Kier molecular flexibility index (Phi) is 3.93. The van der Waals surface area contributed by atoms with Crippen molar-refractivity contribution in [3.63, 3.8) is 0 Å². The highest BCUT2D eigenvalue weighted by molar-refractivity contribution is 7.93. The third-order valence-electron chi connectivity index (χ3n) is 3.09. The van der Waals surface area contributed by atoms with E-state index in [1.165, 1.54) is 22.2 Å². The number of sulfonamides is 1. The van der Waals surface area contributed by atoms with Gasteiger partial charge in [0.2, 0.25) is 0 Å². The van der Waals surface area contributed by atoms with Crippen molar-refractivity contribution >= 4 is 32.2 Å². The molecule has 2 aromatic heterocycles. The van der Waals surface area contributed by atoms with E-state index < -0.39 is 10.0 Å². The van der Waals surface area contributed by atoms with Crippen LogP contribution in [0.5, 0.6) is 0 Å². The highest BCUT2D eigenvalue weighted by atomic mass is 32.2. The van der Waals surface area contributed by atoms with Crippen molar-refractivity contribution in [1.29, 1.82) is 5.26 Å². The zero-order chi connectivity index (χ0) is 15.8. The number of nitrogens with zero attached hydrogens (tertiary/aromatic N) is 3. The van der Waals surface area contributed by atoms with Crippen LogP contribution in [0.1, 0.15) is 22.9 Å². The maximum atomic E-state index is 12.4. The fourth-order valence-electron chi connectivity index (χ4n) is 1.80. The molecule has 2 heterocycles. The standard InChI is InChI=1S/C12H15N5O2S2/c1-4-17-6-10(11(14)15-17)21(18,19)16-12-9(5-13)7(2)8(3)20-12/h6,16H,4H2,1-3H3,(H2,14,15). The summed E-state index contributed by atoms with van der Waals surface area (Å²) in [7, 11) is -3.87. The van der Waals surface area contributed by atoms with Crippen LogP contribution in [0.3, 0.4) is 0 Å². The molecule has 0 bridgehead atoms. The third kappa shape index (κ3) is 2.72. The molecule has 0 spiro atoms. The van der Waals surface area contributed by atoms with Gasteiger partial charge >= 0.3 is 0 Å².